The van der Waals surface area contributed by atoms with Crippen LogP contribution in [0.2, 0.25) is 0 Å². The van der Waals surface area contributed by atoms with E-state index in [1.54, 1.807) is 48.5 Å². The molecule has 182 valence electrons. The van der Waals surface area contributed by atoms with Crippen molar-refractivity contribution in [3.63, 3.8) is 0 Å². The van der Waals surface area contributed by atoms with Crippen molar-refractivity contribution in [2.75, 3.05) is 9.80 Å². The summed E-state index contributed by atoms with van der Waals surface area (Å²) in [6, 6.07) is 24.5. The Balaban J connectivity index is 1.23. The van der Waals surface area contributed by atoms with Gasteiger partial charge in [-0.05, 0) is 82.2 Å². The number of hydrogen-bond acceptors (Lipinski definition) is 4. The number of carbonyl (C=O) groups excluding carboxylic acids is 4. The molecule has 2 heterocycles. The van der Waals surface area contributed by atoms with Crippen molar-refractivity contribution in [3.05, 3.63) is 116 Å². The van der Waals surface area contributed by atoms with Crippen LogP contribution in [0.3, 0.4) is 0 Å². The third kappa shape index (κ3) is 3.17. The summed E-state index contributed by atoms with van der Waals surface area (Å²) in [4.78, 5) is 55.3. The van der Waals surface area contributed by atoms with Crippen LogP contribution < -0.4 is 9.80 Å². The topological polar surface area (TPSA) is 74.8 Å². The maximum atomic E-state index is 13.3. The zero-order valence-electron chi connectivity index (χ0n) is 19.4. The lowest BCUT2D eigenvalue weighted by Crippen LogP contribution is -2.30. The maximum Gasteiger partial charge on any atom is 0.266 e. The highest BCUT2D eigenvalue weighted by molar-refractivity contribution is 9.11. The number of imide groups is 2. The second-order valence-corrected chi connectivity index (χ2v) is 10.8. The normalized spacial score (nSPS) is 14.7. The first-order chi connectivity index (χ1) is 18.3. The minimum absolute atomic E-state index is 0.331. The van der Waals surface area contributed by atoms with E-state index in [2.05, 4.69) is 31.9 Å². The Morgan fingerprint density at radius 3 is 1.16 bits per heavy atom. The number of benzene rings is 5. The van der Waals surface area contributed by atoms with E-state index in [1.807, 2.05) is 36.4 Å². The average Bonchev–Trinajstić information content (AvgIpc) is 3.31. The molecule has 0 N–H and O–H groups in total. The summed E-state index contributed by atoms with van der Waals surface area (Å²) in [5.74, 6) is -1.68. The molecule has 2 aliphatic rings. The Kier molecular flexibility index (Phi) is 4.95. The summed E-state index contributed by atoms with van der Waals surface area (Å²) in [5, 5.41) is 3.38. The molecule has 0 atom stereocenters. The lowest BCUT2D eigenvalue weighted by molar-refractivity contribution is 0.0909. The van der Waals surface area contributed by atoms with Gasteiger partial charge < -0.3 is 0 Å². The molecular weight excluding hydrogens is 612 g/mol. The van der Waals surface area contributed by atoms with E-state index in [4.69, 9.17) is 0 Å². The van der Waals surface area contributed by atoms with Crippen molar-refractivity contribution in [3.8, 4) is 0 Å². The summed E-state index contributed by atoms with van der Waals surface area (Å²) in [6.45, 7) is 0. The first-order valence-corrected chi connectivity index (χ1v) is 13.2. The van der Waals surface area contributed by atoms with Gasteiger partial charge in [0.15, 0.2) is 0 Å². The molecule has 2 aliphatic heterocycles. The molecule has 0 saturated heterocycles. The molecule has 5 aromatic rings. The van der Waals surface area contributed by atoms with Crippen LogP contribution in [0.4, 0.5) is 11.4 Å². The number of anilines is 2. The Morgan fingerprint density at radius 1 is 0.447 bits per heavy atom. The van der Waals surface area contributed by atoms with Gasteiger partial charge in [-0.1, -0.05) is 56.1 Å². The van der Waals surface area contributed by atoms with Crippen LogP contribution in [0.1, 0.15) is 41.4 Å². The Morgan fingerprint density at radius 2 is 0.789 bits per heavy atom. The van der Waals surface area contributed by atoms with Crippen molar-refractivity contribution in [2.45, 2.75) is 0 Å². The Bertz CT molecular complexity index is 1790. The predicted molar refractivity (Wildman–Crippen MR) is 152 cm³/mol. The van der Waals surface area contributed by atoms with Crippen molar-refractivity contribution in [1.82, 2.24) is 0 Å². The van der Waals surface area contributed by atoms with E-state index < -0.39 is 23.6 Å². The second kappa shape index (κ2) is 8.18. The van der Waals surface area contributed by atoms with Gasteiger partial charge in [-0.15, -0.1) is 0 Å². The molecule has 5 aromatic carbocycles. The fourth-order valence-corrected chi connectivity index (χ4v) is 6.16. The number of fused-ring (bicyclic) bond motifs is 4. The molecule has 0 radical (unpaired) electrons. The van der Waals surface area contributed by atoms with Crippen molar-refractivity contribution >= 4 is 88.4 Å². The largest absolute Gasteiger partial charge is 0.268 e. The molecule has 4 amide bonds. The fraction of sp³-hybridized carbons (Fsp3) is 0. The Labute approximate surface area is 232 Å². The predicted octanol–water partition coefficient (Wildman–Crippen LogP) is 7.12. The molecule has 0 bridgehead atoms. The first-order valence-electron chi connectivity index (χ1n) is 11.7. The van der Waals surface area contributed by atoms with Crippen LogP contribution in [0, 0.1) is 0 Å². The summed E-state index contributed by atoms with van der Waals surface area (Å²) >= 11 is 7.01. The van der Waals surface area contributed by atoms with E-state index in [9.17, 15) is 19.2 Å². The lowest BCUT2D eigenvalue weighted by Gasteiger charge is -2.17. The summed E-state index contributed by atoms with van der Waals surface area (Å²) in [7, 11) is 0. The fourth-order valence-electron chi connectivity index (χ4n) is 5.17. The highest BCUT2D eigenvalue weighted by Gasteiger charge is 2.39. The van der Waals surface area contributed by atoms with Crippen LogP contribution >= 0.6 is 31.9 Å². The van der Waals surface area contributed by atoms with Gasteiger partial charge in [0.25, 0.3) is 23.6 Å². The van der Waals surface area contributed by atoms with Crippen LogP contribution in [-0.4, -0.2) is 23.6 Å². The van der Waals surface area contributed by atoms with Crippen molar-refractivity contribution in [2.24, 2.45) is 0 Å². The van der Waals surface area contributed by atoms with E-state index >= 15 is 0 Å². The molecule has 0 aliphatic carbocycles. The van der Waals surface area contributed by atoms with Gasteiger partial charge in [-0.25, -0.2) is 9.80 Å². The number of rotatable bonds is 2. The standard InChI is InChI=1S/C30H14Br2N2O4/c31-25-5-1-3-15-11-21-23(13-19(15)25)29(37)33(27(21)35)17-7-9-18(10-8-17)34-28(36)22-12-16-4-2-6-26(32)20(16)14-24(22)30(34)38/h1-14H. The molecule has 38 heavy (non-hydrogen) atoms. The molecule has 6 nitrogen and oxygen atoms in total. The number of carbonyl (C=O) groups is 4. The number of nitrogens with zero attached hydrogens (tertiary/aromatic N) is 2. The van der Waals surface area contributed by atoms with Crippen LogP contribution in [0.15, 0.2) is 93.9 Å². The first kappa shape index (κ1) is 23.0. The highest BCUT2D eigenvalue weighted by Crippen LogP contribution is 2.37. The smallest absolute Gasteiger partial charge is 0.266 e. The molecule has 0 aromatic heterocycles. The maximum absolute atomic E-state index is 13.3. The average molecular weight is 626 g/mol. The van der Waals surface area contributed by atoms with Gasteiger partial charge in [0.05, 0.1) is 33.6 Å². The van der Waals surface area contributed by atoms with Gasteiger partial charge in [0.1, 0.15) is 0 Å². The van der Waals surface area contributed by atoms with Gasteiger partial charge in [-0.3, -0.25) is 19.2 Å². The summed E-state index contributed by atoms with van der Waals surface area (Å²) in [6.07, 6.45) is 0. The second-order valence-electron chi connectivity index (χ2n) is 9.13. The van der Waals surface area contributed by atoms with Gasteiger partial charge in [0.2, 0.25) is 0 Å². The molecule has 0 saturated carbocycles. The van der Waals surface area contributed by atoms with Crippen LogP contribution in [0.25, 0.3) is 21.5 Å². The van der Waals surface area contributed by atoms with Crippen LogP contribution in [-0.2, 0) is 0 Å². The summed E-state index contributed by atoms with van der Waals surface area (Å²) < 4.78 is 1.67. The van der Waals surface area contributed by atoms with E-state index in [0.29, 0.717) is 33.6 Å². The Hall–Kier alpha value is -4.14. The molecule has 0 fully saturated rings. The number of halogens is 2. The van der Waals surface area contributed by atoms with E-state index in [1.165, 1.54) is 0 Å². The zero-order valence-corrected chi connectivity index (χ0v) is 22.5. The third-order valence-corrected chi connectivity index (χ3v) is 8.41. The molecular formula is C30H14Br2N2O4. The third-order valence-electron chi connectivity index (χ3n) is 7.03. The minimum Gasteiger partial charge on any atom is -0.268 e. The van der Waals surface area contributed by atoms with Gasteiger partial charge in [-0.2, -0.15) is 0 Å². The minimum atomic E-state index is -0.423. The molecule has 0 spiro atoms. The van der Waals surface area contributed by atoms with Crippen molar-refractivity contribution in [1.29, 1.82) is 0 Å². The van der Waals surface area contributed by atoms with Gasteiger partial charge in [0, 0.05) is 8.95 Å². The molecule has 7 rings (SSSR count). The van der Waals surface area contributed by atoms with E-state index in [0.717, 1.165) is 40.3 Å². The lowest BCUT2D eigenvalue weighted by atomic mass is 10.0. The highest BCUT2D eigenvalue weighted by atomic mass is 79.9. The quantitative estimate of drug-likeness (QED) is 0.196. The number of hydrogen-bond donors (Lipinski definition) is 0. The zero-order chi connectivity index (χ0) is 26.3. The van der Waals surface area contributed by atoms with Crippen LogP contribution in [0.5, 0.6) is 0 Å². The van der Waals surface area contributed by atoms with Gasteiger partial charge >= 0.3 is 0 Å². The monoisotopic (exact) mass is 624 g/mol. The van der Waals surface area contributed by atoms with E-state index in [-0.39, 0.29) is 0 Å². The number of amides is 4. The molecule has 0 unspecified atom stereocenters. The SMILES string of the molecule is O=C1c2cc3cccc(Br)c3cc2C(=O)N1c1ccc(N2C(=O)c3cc4cccc(Br)c4cc3C2=O)cc1. The summed E-state index contributed by atoms with van der Waals surface area (Å²) in [5.41, 5.74) is 2.05. The van der Waals surface area contributed by atoms with Crippen molar-refractivity contribution < 1.29 is 19.2 Å². The molecule has 8 heteroatoms.